The first-order chi connectivity index (χ1) is 24.0. The maximum atomic E-state index is 12.6. The SMILES string of the molecule is Cn1c(=O)n(C)c2cc(-c3cccc(-c4cc(-c5ccccc5-c5ccc6sc7ccccc7c6c5)nc(-c5ccccc5)n4)c3)ccc21. The lowest BCUT2D eigenvalue weighted by atomic mass is 9.95. The summed E-state index contributed by atoms with van der Waals surface area (Å²) in [6, 6.07) is 50.8. The van der Waals surface area contributed by atoms with Gasteiger partial charge in [-0.15, -0.1) is 11.3 Å². The molecule has 0 fully saturated rings. The second-order valence-corrected chi connectivity index (χ2v) is 13.5. The number of aromatic nitrogens is 4. The molecule has 0 aliphatic rings. The van der Waals surface area contributed by atoms with E-state index in [4.69, 9.17) is 9.97 Å². The summed E-state index contributed by atoms with van der Waals surface area (Å²) in [5, 5.41) is 2.55. The van der Waals surface area contributed by atoms with E-state index in [9.17, 15) is 4.79 Å². The van der Waals surface area contributed by atoms with Gasteiger partial charge in [-0.05, 0) is 64.7 Å². The number of rotatable bonds is 5. The smallest absolute Gasteiger partial charge is 0.295 e. The molecule has 0 bridgehead atoms. The molecular weight excluding hydrogens is 621 g/mol. The highest BCUT2D eigenvalue weighted by molar-refractivity contribution is 7.25. The lowest BCUT2D eigenvalue weighted by Crippen LogP contribution is -2.19. The van der Waals surface area contributed by atoms with Crippen LogP contribution in [0, 0.1) is 0 Å². The molecule has 49 heavy (non-hydrogen) atoms. The van der Waals surface area contributed by atoms with E-state index in [0.717, 1.165) is 61.4 Å². The van der Waals surface area contributed by atoms with Crippen LogP contribution in [-0.4, -0.2) is 19.1 Å². The standard InChI is InChI=1S/C43H30N4OS/c1-46-38-21-19-29(25-39(38)47(2)43(46)48)28-13-10-14-31(23-28)36-26-37(45-42(44-36)27-11-4-3-5-12-27)33-16-7-6-15-32(33)30-20-22-41-35(24-30)34-17-8-9-18-40(34)49-41/h3-26H,1-2H3. The van der Waals surface area contributed by atoms with E-state index in [1.54, 1.807) is 9.13 Å². The van der Waals surface area contributed by atoms with E-state index >= 15 is 0 Å². The Morgan fingerprint density at radius 1 is 0.469 bits per heavy atom. The molecule has 3 heterocycles. The Morgan fingerprint density at radius 3 is 2.00 bits per heavy atom. The van der Waals surface area contributed by atoms with Gasteiger partial charge in [0, 0.05) is 51.0 Å². The quantitative estimate of drug-likeness (QED) is 0.186. The summed E-state index contributed by atoms with van der Waals surface area (Å²) in [6.07, 6.45) is 0. The van der Waals surface area contributed by atoms with Gasteiger partial charge in [0.15, 0.2) is 5.82 Å². The van der Waals surface area contributed by atoms with E-state index in [-0.39, 0.29) is 5.69 Å². The van der Waals surface area contributed by atoms with Crippen molar-refractivity contribution in [2.24, 2.45) is 14.1 Å². The van der Waals surface area contributed by atoms with E-state index in [0.29, 0.717) is 5.82 Å². The number of imidazole rings is 1. The van der Waals surface area contributed by atoms with Crippen molar-refractivity contribution < 1.29 is 0 Å². The molecule has 6 heteroatoms. The van der Waals surface area contributed by atoms with Crippen LogP contribution >= 0.6 is 11.3 Å². The van der Waals surface area contributed by atoms with Crippen molar-refractivity contribution in [2.45, 2.75) is 0 Å². The van der Waals surface area contributed by atoms with Gasteiger partial charge in [0.05, 0.1) is 22.4 Å². The first-order valence-electron chi connectivity index (χ1n) is 16.2. The summed E-state index contributed by atoms with van der Waals surface area (Å²) in [4.78, 5) is 22.9. The summed E-state index contributed by atoms with van der Waals surface area (Å²) in [6.45, 7) is 0. The first-order valence-corrected chi connectivity index (χ1v) is 17.1. The fourth-order valence-electron chi connectivity index (χ4n) is 6.85. The number of thiophene rings is 1. The largest absolute Gasteiger partial charge is 0.328 e. The summed E-state index contributed by atoms with van der Waals surface area (Å²) in [5.74, 6) is 0.674. The number of aryl methyl sites for hydroxylation is 2. The van der Waals surface area contributed by atoms with Crippen LogP contribution in [0.3, 0.4) is 0 Å². The third kappa shape index (κ3) is 4.96. The average molecular weight is 651 g/mol. The topological polar surface area (TPSA) is 52.7 Å². The van der Waals surface area contributed by atoms with Gasteiger partial charge in [0.1, 0.15) is 0 Å². The molecule has 0 aliphatic heterocycles. The summed E-state index contributed by atoms with van der Waals surface area (Å²) in [7, 11) is 3.62. The highest BCUT2D eigenvalue weighted by Crippen LogP contribution is 2.39. The molecule has 5 nitrogen and oxygen atoms in total. The third-order valence-electron chi connectivity index (χ3n) is 9.41. The normalized spacial score (nSPS) is 11.6. The Kier molecular flexibility index (Phi) is 6.85. The van der Waals surface area contributed by atoms with Crippen LogP contribution in [0.4, 0.5) is 0 Å². The van der Waals surface area contributed by atoms with Gasteiger partial charge >= 0.3 is 5.69 Å². The van der Waals surface area contributed by atoms with Gasteiger partial charge in [-0.3, -0.25) is 9.13 Å². The monoisotopic (exact) mass is 650 g/mol. The number of hydrogen-bond donors (Lipinski definition) is 0. The van der Waals surface area contributed by atoms with Gasteiger partial charge < -0.3 is 0 Å². The Hall–Kier alpha value is -6.11. The zero-order valence-corrected chi connectivity index (χ0v) is 27.8. The molecule has 0 aliphatic carbocycles. The molecule has 234 valence electrons. The Morgan fingerprint density at radius 2 is 1.12 bits per heavy atom. The van der Waals surface area contributed by atoms with Crippen molar-refractivity contribution in [1.29, 1.82) is 0 Å². The Bertz CT molecular complexity index is 2770. The predicted octanol–water partition coefficient (Wildman–Crippen LogP) is 10.4. The molecule has 0 atom stereocenters. The molecule has 0 saturated heterocycles. The molecule has 0 N–H and O–H groups in total. The Labute approximate surface area is 287 Å². The van der Waals surface area contributed by atoms with Crippen LogP contribution in [-0.2, 0) is 14.1 Å². The van der Waals surface area contributed by atoms with Crippen LogP contribution in [0.2, 0.25) is 0 Å². The summed E-state index contributed by atoms with van der Waals surface area (Å²) < 4.78 is 5.96. The van der Waals surface area contributed by atoms with E-state index in [1.807, 2.05) is 49.7 Å². The minimum Gasteiger partial charge on any atom is -0.295 e. The third-order valence-corrected chi connectivity index (χ3v) is 10.6. The van der Waals surface area contributed by atoms with Crippen molar-refractivity contribution in [2.75, 3.05) is 0 Å². The van der Waals surface area contributed by atoms with Crippen LogP contribution < -0.4 is 5.69 Å². The van der Waals surface area contributed by atoms with Crippen molar-refractivity contribution >= 4 is 42.5 Å². The van der Waals surface area contributed by atoms with E-state index in [1.165, 1.54) is 20.2 Å². The van der Waals surface area contributed by atoms with Crippen LogP contribution in [0.15, 0.2) is 150 Å². The summed E-state index contributed by atoms with van der Waals surface area (Å²) >= 11 is 1.83. The summed E-state index contributed by atoms with van der Waals surface area (Å²) in [5.41, 5.74) is 10.8. The van der Waals surface area contributed by atoms with Crippen molar-refractivity contribution in [3.8, 4) is 56.2 Å². The molecule has 3 aromatic heterocycles. The van der Waals surface area contributed by atoms with Gasteiger partial charge in [0.2, 0.25) is 0 Å². The van der Waals surface area contributed by atoms with Crippen molar-refractivity contribution in [1.82, 2.24) is 19.1 Å². The minimum atomic E-state index is -0.0354. The molecule has 0 radical (unpaired) electrons. The molecule has 0 saturated carbocycles. The fourth-order valence-corrected chi connectivity index (χ4v) is 7.93. The van der Waals surface area contributed by atoms with Crippen LogP contribution in [0.1, 0.15) is 0 Å². The molecule has 9 rings (SSSR count). The second-order valence-electron chi connectivity index (χ2n) is 12.4. The van der Waals surface area contributed by atoms with Crippen LogP contribution in [0.25, 0.3) is 87.4 Å². The van der Waals surface area contributed by atoms with E-state index in [2.05, 4.69) is 121 Å². The lowest BCUT2D eigenvalue weighted by molar-refractivity contribution is 0.795. The van der Waals surface area contributed by atoms with Gasteiger partial charge in [0.25, 0.3) is 0 Å². The van der Waals surface area contributed by atoms with Crippen molar-refractivity contribution in [3.63, 3.8) is 0 Å². The van der Waals surface area contributed by atoms with Crippen molar-refractivity contribution in [3.05, 3.63) is 156 Å². The molecule has 9 aromatic rings. The number of benzene rings is 6. The number of nitrogens with zero attached hydrogens (tertiary/aromatic N) is 4. The molecular formula is C43H30N4OS. The van der Waals surface area contributed by atoms with Crippen LogP contribution in [0.5, 0.6) is 0 Å². The molecule has 0 unspecified atom stereocenters. The van der Waals surface area contributed by atoms with E-state index < -0.39 is 0 Å². The fraction of sp³-hybridized carbons (Fsp3) is 0.0465. The van der Waals surface area contributed by atoms with Gasteiger partial charge in [-0.1, -0.05) is 103 Å². The first kappa shape index (κ1) is 29.1. The van der Waals surface area contributed by atoms with Gasteiger partial charge in [-0.25, -0.2) is 14.8 Å². The second kappa shape index (κ2) is 11.5. The number of hydrogen-bond acceptors (Lipinski definition) is 4. The lowest BCUT2D eigenvalue weighted by Gasteiger charge is -2.14. The zero-order valence-electron chi connectivity index (χ0n) is 27.0. The zero-order chi connectivity index (χ0) is 33.1. The average Bonchev–Trinajstić information content (AvgIpc) is 3.64. The highest BCUT2D eigenvalue weighted by Gasteiger charge is 2.16. The molecule has 6 aromatic carbocycles. The maximum absolute atomic E-state index is 12.6. The highest BCUT2D eigenvalue weighted by atomic mass is 32.1. The minimum absolute atomic E-state index is 0.0354. The molecule has 0 spiro atoms. The maximum Gasteiger partial charge on any atom is 0.328 e. The predicted molar refractivity (Wildman–Crippen MR) is 204 cm³/mol. The van der Waals surface area contributed by atoms with Gasteiger partial charge in [-0.2, -0.15) is 0 Å². The molecule has 0 amide bonds. The Balaban J connectivity index is 1.20. The number of fused-ring (bicyclic) bond motifs is 4.